The molecular weight excluding hydrogens is 748 g/mol. The fraction of sp³-hybridized carbons (Fsp3) is 0.618. The van der Waals surface area contributed by atoms with Crippen molar-refractivity contribution in [3.05, 3.63) is 29.8 Å². The lowest BCUT2D eigenvalue weighted by molar-refractivity contribution is -0.133. The van der Waals surface area contributed by atoms with Crippen molar-refractivity contribution < 1.29 is 53.9 Å². The monoisotopic (exact) mass is 801 g/mol. The van der Waals surface area contributed by atoms with Gasteiger partial charge >= 0.3 is 6.03 Å². The zero-order valence-electron chi connectivity index (χ0n) is 30.8. The van der Waals surface area contributed by atoms with E-state index in [-0.39, 0.29) is 74.5 Å². The third kappa shape index (κ3) is 22.1. The van der Waals surface area contributed by atoms with Crippen LogP contribution in [-0.4, -0.2) is 126 Å². The minimum absolute atomic E-state index is 0.00337. The van der Waals surface area contributed by atoms with Gasteiger partial charge in [0, 0.05) is 43.1 Å². The maximum Gasteiger partial charge on any atom is 0.312 e. The summed E-state index contributed by atoms with van der Waals surface area (Å²) in [4.78, 5) is 83.8. The highest BCUT2D eigenvalue weighted by atomic mass is 79.9. The Morgan fingerprint density at radius 2 is 1.42 bits per heavy atom. The third-order valence-electron chi connectivity index (χ3n) is 7.19. The molecule has 6 amide bonds. The fourth-order valence-electron chi connectivity index (χ4n) is 4.55. The second-order valence-corrected chi connectivity index (χ2v) is 12.2. The van der Waals surface area contributed by atoms with Gasteiger partial charge in [0.2, 0.25) is 17.7 Å². The average Bonchev–Trinajstić information content (AvgIpc) is 3.12. The number of ether oxygens (including phenoxy) is 4. The van der Waals surface area contributed by atoms with E-state index in [0.29, 0.717) is 57.3 Å². The molecule has 52 heavy (non-hydrogen) atoms. The molecule has 0 heterocycles. The van der Waals surface area contributed by atoms with Gasteiger partial charge in [-0.15, -0.1) is 0 Å². The molecule has 7 N–H and O–H groups in total. The van der Waals surface area contributed by atoms with Crippen LogP contribution in [0.4, 0.5) is 10.5 Å². The van der Waals surface area contributed by atoms with Crippen LogP contribution in [0.25, 0.3) is 0 Å². The summed E-state index contributed by atoms with van der Waals surface area (Å²) in [6.45, 7) is 5.85. The number of aldehydes is 1. The molecule has 0 aliphatic heterocycles. The zero-order chi connectivity index (χ0) is 39.4. The molecule has 0 aliphatic rings. The Balaban J connectivity index is 2.18. The Bertz CT molecular complexity index is 1310. The first-order chi connectivity index (χ1) is 25.3. The van der Waals surface area contributed by atoms with Crippen molar-refractivity contribution in [1.82, 2.24) is 21.3 Å². The van der Waals surface area contributed by atoms with Gasteiger partial charge in [-0.1, -0.05) is 29.8 Å². The van der Waals surface area contributed by atoms with Crippen molar-refractivity contribution in [2.45, 2.75) is 45.6 Å². The number of carbonyl (C=O) groups excluding carboxylic acids is 7. The van der Waals surface area contributed by atoms with Gasteiger partial charge in [0.15, 0.2) is 5.78 Å². The molecule has 17 nitrogen and oxygen atoms in total. The Kier molecular flexibility index (Phi) is 24.3. The van der Waals surface area contributed by atoms with Crippen LogP contribution in [0.1, 0.15) is 51.3 Å². The van der Waals surface area contributed by atoms with Crippen LogP contribution in [-0.2, 0) is 42.9 Å². The second kappa shape index (κ2) is 28.6. The Morgan fingerprint density at radius 1 is 0.827 bits per heavy atom. The molecule has 292 valence electrons. The molecule has 1 aromatic rings. The normalized spacial score (nSPS) is 12.3. The number of primary amides is 1. The van der Waals surface area contributed by atoms with Crippen molar-refractivity contribution in [2.75, 3.05) is 83.1 Å². The summed E-state index contributed by atoms with van der Waals surface area (Å²) in [5.41, 5.74) is 6.12. The molecule has 1 rings (SSSR count). The first-order valence-electron chi connectivity index (χ1n) is 17.5. The van der Waals surface area contributed by atoms with E-state index in [2.05, 4.69) is 42.5 Å². The minimum atomic E-state index is -0.981. The number of rotatable bonds is 30. The number of ketones is 1. The standard InChI is InChI=1S/C34H53BrN6O11/c1-24(2)31(28(43)22-26(33(47)37-11-13-42)4-3-10-39-34(36)48)41-29(44)9-14-49-16-18-51-20-21-52-19-17-50-15-12-38-32(46)25-5-7-27(8-6-25)40-30(45)23-35/h5-8,13,24,26,31H,3-4,9-12,14-23H2,1-2H3,(H,37,47)(H,38,46)(H,40,45)(H,41,44)(H3,36,39,48)/t26-,31+/m1/s1/i13D. The van der Waals surface area contributed by atoms with Crippen LogP contribution in [0.15, 0.2) is 24.3 Å². The molecule has 0 bridgehead atoms. The highest BCUT2D eigenvalue weighted by molar-refractivity contribution is 9.09. The SMILES string of the molecule is [2H]C(=O)CNC(=O)[C@H](CCCNC(N)=O)CC(=O)[C@@H](NC(=O)CCOCCOCCOCCOCCNC(=O)c1ccc(NC(=O)CBr)cc1)C(C)C. The molecule has 0 saturated heterocycles. The van der Waals surface area contributed by atoms with Crippen molar-refractivity contribution in [2.24, 2.45) is 17.6 Å². The van der Waals surface area contributed by atoms with Crippen molar-refractivity contribution in [3.8, 4) is 0 Å². The van der Waals surface area contributed by atoms with E-state index in [1.807, 2.05) is 0 Å². The third-order valence-corrected chi connectivity index (χ3v) is 7.69. The molecule has 0 unspecified atom stereocenters. The number of hydrogen-bond donors (Lipinski definition) is 6. The number of nitrogens with one attached hydrogen (secondary N) is 5. The van der Waals surface area contributed by atoms with Gasteiger partial charge in [-0.25, -0.2) is 4.79 Å². The van der Waals surface area contributed by atoms with E-state index < -0.39 is 42.6 Å². The number of Topliss-reactive ketones (excluding diaryl/α,β-unsaturated/α-hetero) is 1. The predicted octanol–water partition coefficient (Wildman–Crippen LogP) is 0.686. The number of nitrogens with two attached hydrogens (primary N) is 1. The molecule has 0 fully saturated rings. The summed E-state index contributed by atoms with van der Waals surface area (Å²) in [6, 6.07) is 4.97. The maximum absolute atomic E-state index is 13.1. The molecule has 18 heteroatoms. The topological polar surface area (TPSA) is 243 Å². The van der Waals surface area contributed by atoms with E-state index in [1.54, 1.807) is 38.1 Å². The molecule has 0 radical (unpaired) electrons. The number of carbonyl (C=O) groups is 7. The summed E-state index contributed by atoms with van der Waals surface area (Å²) in [5, 5.41) is 13.1. The van der Waals surface area contributed by atoms with Crippen LogP contribution in [0.2, 0.25) is 0 Å². The molecule has 1 aromatic carbocycles. The van der Waals surface area contributed by atoms with Gasteiger partial charge in [-0.05, 0) is 43.0 Å². The number of halogens is 1. The molecule has 0 spiro atoms. The highest BCUT2D eigenvalue weighted by Gasteiger charge is 2.29. The lowest BCUT2D eigenvalue weighted by Crippen LogP contribution is -2.46. The van der Waals surface area contributed by atoms with E-state index in [0.717, 1.165) is 0 Å². The fourth-order valence-corrected chi connectivity index (χ4v) is 4.69. The van der Waals surface area contributed by atoms with Crippen LogP contribution in [0, 0.1) is 11.8 Å². The van der Waals surface area contributed by atoms with Crippen molar-refractivity contribution >= 4 is 63.3 Å². The molecule has 0 aromatic heterocycles. The quantitative estimate of drug-likeness (QED) is 0.0359. The molecular formula is C34H53BrN6O11. The molecule has 0 aliphatic carbocycles. The van der Waals surface area contributed by atoms with Gasteiger partial charge in [-0.3, -0.25) is 24.0 Å². The average molecular weight is 803 g/mol. The number of urea groups is 1. The summed E-state index contributed by atoms with van der Waals surface area (Å²) >= 11 is 3.07. The largest absolute Gasteiger partial charge is 0.379 e. The summed E-state index contributed by atoms with van der Waals surface area (Å²) in [6.07, 6.45) is -0.631. The van der Waals surface area contributed by atoms with Gasteiger partial charge in [0.25, 0.3) is 5.91 Å². The van der Waals surface area contributed by atoms with Crippen molar-refractivity contribution in [1.29, 1.82) is 0 Å². The van der Waals surface area contributed by atoms with E-state index in [9.17, 15) is 33.6 Å². The van der Waals surface area contributed by atoms with Crippen LogP contribution in [0.3, 0.4) is 0 Å². The second-order valence-electron chi connectivity index (χ2n) is 11.7. The van der Waals surface area contributed by atoms with Crippen LogP contribution >= 0.6 is 15.9 Å². The minimum Gasteiger partial charge on any atom is -0.379 e. The Labute approximate surface area is 314 Å². The van der Waals surface area contributed by atoms with Gasteiger partial charge in [0.05, 0.1) is 70.8 Å². The Hall–Kier alpha value is -3.97. The van der Waals surface area contributed by atoms with E-state index in [4.69, 9.17) is 26.1 Å². The predicted molar refractivity (Wildman–Crippen MR) is 195 cm³/mol. The highest BCUT2D eigenvalue weighted by Crippen LogP contribution is 2.16. The number of benzene rings is 1. The summed E-state index contributed by atoms with van der Waals surface area (Å²) in [7, 11) is 0. The Morgan fingerprint density at radius 3 is 1.98 bits per heavy atom. The van der Waals surface area contributed by atoms with Crippen molar-refractivity contribution in [3.63, 3.8) is 0 Å². The summed E-state index contributed by atoms with van der Waals surface area (Å²) in [5.74, 6) is -2.87. The first kappa shape index (κ1) is 44.2. The maximum atomic E-state index is 13.1. The summed E-state index contributed by atoms with van der Waals surface area (Å²) < 4.78 is 28.8. The van der Waals surface area contributed by atoms with Crippen LogP contribution in [0.5, 0.6) is 0 Å². The molecule has 0 saturated carbocycles. The van der Waals surface area contributed by atoms with Gasteiger partial charge in [0.1, 0.15) is 7.63 Å². The number of hydrogen-bond acceptors (Lipinski definition) is 11. The smallest absolute Gasteiger partial charge is 0.312 e. The number of anilines is 1. The lowest BCUT2D eigenvalue weighted by atomic mass is 9.89. The van der Waals surface area contributed by atoms with E-state index >= 15 is 0 Å². The number of alkyl halides is 1. The number of amides is 6. The van der Waals surface area contributed by atoms with Crippen LogP contribution < -0.4 is 32.3 Å². The first-order valence-corrected chi connectivity index (χ1v) is 18.1. The van der Waals surface area contributed by atoms with Gasteiger partial charge in [-0.2, -0.15) is 0 Å². The lowest BCUT2D eigenvalue weighted by Gasteiger charge is -2.24. The van der Waals surface area contributed by atoms with Gasteiger partial charge < -0.3 is 56.1 Å². The molecule has 2 atom stereocenters. The van der Waals surface area contributed by atoms with E-state index in [1.165, 1.54) is 0 Å². The zero-order valence-corrected chi connectivity index (χ0v) is 31.4.